The van der Waals surface area contributed by atoms with Gasteiger partial charge in [-0.1, -0.05) is 6.07 Å². The Hall–Kier alpha value is -1.26. The van der Waals surface area contributed by atoms with E-state index in [-0.39, 0.29) is 11.6 Å². The number of rotatable bonds is 8. The van der Waals surface area contributed by atoms with Crippen molar-refractivity contribution in [2.45, 2.75) is 38.8 Å². The molecule has 0 aliphatic carbocycles. The fraction of sp³-hybridized carbons (Fsp3) is 0.625. The maximum atomic E-state index is 5.94. The number of hydrogen-bond acceptors (Lipinski definition) is 4. The van der Waals surface area contributed by atoms with Gasteiger partial charge in [-0.05, 0) is 40.0 Å². The molecule has 0 saturated heterocycles. The Morgan fingerprint density at radius 1 is 1.20 bits per heavy atom. The van der Waals surface area contributed by atoms with Crippen molar-refractivity contribution in [3.8, 4) is 11.5 Å². The molecule has 0 bridgehead atoms. The van der Waals surface area contributed by atoms with Crippen molar-refractivity contribution in [1.29, 1.82) is 0 Å². The average Bonchev–Trinajstić information content (AvgIpc) is 2.46. The first-order valence-corrected chi connectivity index (χ1v) is 6.97. The van der Waals surface area contributed by atoms with E-state index in [0.717, 1.165) is 23.5 Å². The number of hydrogen-bond donors (Lipinski definition) is 1. The number of nitrogens with one attached hydrogen (secondary N) is 1. The zero-order chi connectivity index (χ0) is 15.2. The van der Waals surface area contributed by atoms with E-state index in [4.69, 9.17) is 14.2 Å². The summed E-state index contributed by atoms with van der Waals surface area (Å²) < 4.78 is 16.8. The van der Waals surface area contributed by atoms with Gasteiger partial charge in [-0.3, -0.25) is 0 Å². The average molecular weight is 281 g/mol. The summed E-state index contributed by atoms with van der Waals surface area (Å²) in [4.78, 5) is 0. The summed E-state index contributed by atoms with van der Waals surface area (Å²) in [5.74, 6) is 1.70. The molecule has 1 aromatic rings. The van der Waals surface area contributed by atoms with E-state index in [1.54, 1.807) is 14.2 Å². The van der Waals surface area contributed by atoms with Crippen LogP contribution >= 0.6 is 0 Å². The zero-order valence-corrected chi connectivity index (χ0v) is 13.4. The van der Waals surface area contributed by atoms with Gasteiger partial charge in [-0.25, -0.2) is 0 Å². The molecule has 0 amide bonds. The first kappa shape index (κ1) is 16.8. The van der Waals surface area contributed by atoms with Crippen molar-refractivity contribution in [2.24, 2.45) is 0 Å². The summed E-state index contributed by atoms with van der Waals surface area (Å²) in [5.41, 5.74) is 0.876. The lowest BCUT2D eigenvalue weighted by Crippen LogP contribution is -2.25. The predicted molar refractivity (Wildman–Crippen MR) is 81.7 cm³/mol. The maximum absolute atomic E-state index is 5.94. The van der Waals surface area contributed by atoms with Gasteiger partial charge in [0.2, 0.25) is 0 Å². The minimum atomic E-state index is -0.173. The number of ether oxygens (including phenoxy) is 3. The Bertz CT molecular complexity index is 418. The van der Waals surface area contributed by atoms with Crippen molar-refractivity contribution in [2.75, 3.05) is 27.9 Å². The molecule has 1 unspecified atom stereocenters. The van der Waals surface area contributed by atoms with E-state index in [1.165, 1.54) is 0 Å². The summed E-state index contributed by atoms with van der Waals surface area (Å²) in [6.07, 6.45) is 0.827. The Kier molecular flexibility index (Phi) is 6.30. The van der Waals surface area contributed by atoms with Crippen LogP contribution in [0.15, 0.2) is 18.2 Å². The van der Waals surface area contributed by atoms with E-state index >= 15 is 0 Å². The minimum Gasteiger partial charge on any atom is -0.496 e. The zero-order valence-electron chi connectivity index (χ0n) is 13.4. The van der Waals surface area contributed by atoms with Crippen LogP contribution in [0.25, 0.3) is 0 Å². The van der Waals surface area contributed by atoms with E-state index in [9.17, 15) is 0 Å². The second-order valence-corrected chi connectivity index (χ2v) is 5.44. The van der Waals surface area contributed by atoms with Gasteiger partial charge in [0, 0.05) is 19.6 Å². The third-order valence-corrected chi connectivity index (χ3v) is 3.63. The second kappa shape index (κ2) is 7.50. The van der Waals surface area contributed by atoms with E-state index in [1.807, 2.05) is 25.2 Å². The summed E-state index contributed by atoms with van der Waals surface area (Å²) in [5, 5.41) is 3.23. The van der Waals surface area contributed by atoms with E-state index in [2.05, 4.69) is 26.1 Å². The monoisotopic (exact) mass is 281 g/mol. The van der Waals surface area contributed by atoms with Crippen molar-refractivity contribution in [3.63, 3.8) is 0 Å². The van der Waals surface area contributed by atoms with Crippen LogP contribution in [0.5, 0.6) is 11.5 Å². The SMILES string of the molecule is CNC(C)c1c(OC)cccc1OCCC(C)(C)OC. The van der Waals surface area contributed by atoms with Crippen LogP contribution in [0.3, 0.4) is 0 Å². The molecule has 0 aliphatic rings. The number of benzene rings is 1. The molecule has 1 N–H and O–H groups in total. The molecule has 0 aromatic heterocycles. The van der Waals surface area contributed by atoms with Crippen LogP contribution < -0.4 is 14.8 Å². The van der Waals surface area contributed by atoms with Crippen molar-refractivity contribution in [1.82, 2.24) is 5.32 Å². The number of methoxy groups -OCH3 is 2. The van der Waals surface area contributed by atoms with Crippen molar-refractivity contribution >= 4 is 0 Å². The Balaban J connectivity index is 2.84. The lowest BCUT2D eigenvalue weighted by molar-refractivity contribution is 0.00533. The highest BCUT2D eigenvalue weighted by Crippen LogP contribution is 2.34. The molecule has 20 heavy (non-hydrogen) atoms. The van der Waals surface area contributed by atoms with E-state index in [0.29, 0.717) is 6.61 Å². The minimum absolute atomic E-state index is 0.164. The van der Waals surface area contributed by atoms with Gasteiger partial charge < -0.3 is 19.5 Å². The molecule has 4 heteroatoms. The summed E-state index contributed by atoms with van der Waals surface area (Å²) in [6, 6.07) is 6.04. The van der Waals surface area contributed by atoms with Gasteiger partial charge >= 0.3 is 0 Å². The molecule has 0 heterocycles. The van der Waals surface area contributed by atoms with Gasteiger partial charge in [0.1, 0.15) is 11.5 Å². The molecule has 0 aliphatic heterocycles. The van der Waals surface area contributed by atoms with Crippen LogP contribution in [-0.2, 0) is 4.74 Å². The molecule has 0 fully saturated rings. The summed E-state index contributed by atoms with van der Waals surface area (Å²) >= 11 is 0. The molecule has 114 valence electrons. The fourth-order valence-corrected chi connectivity index (χ4v) is 1.91. The lowest BCUT2D eigenvalue weighted by Gasteiger charge is -2.24. The van der Waals surface area contributed by atoms with E-state index < -0.39 is 0 Å². The van der Waals surface area contributed by atoms with Crippen LogP contribution in [0.4, 0.5) is 0 Å². The third kappa shape index (κ3) is 4.39. The maximum Gasteiger partial charge on any atom is 0.127 e. The standard InChI is InChI=1S/C16H27NO3/c1-12(17-4)15-13(18-5)8-7-9-14(15)20-11-10-16(2,3)19-6/h7-9,12,17H,10-11H2,1-6H3. The lowest BCUT2D eigenvalue weighted by atomic mass is 10.0. The topological polar surface area (TPSA) is 39.7 Å². The Labute approximate surface area is 122 Å². The molecule has 1 atom stereocenters. The second-order valence-electron chi connectivity index (χ2n) is 5.44. The van der Waals surface area contributed by atoms with Gasteiger partial charge in [0.15, 0.2) is 0 Å². The Morgan fingerprint density at radius 2 is 1.85 bits per heavy atom. The first-order chi connectivity index (χ1) is 9.45. The molecular formula is C16H27NO3. The van der Waals surface area contributed by atoms with Gasteiger partial charge in [-0.2, -0.15) is 0 Å². The highest BCUT2D eigenvalue weighted by molar-refractivity contribution is 5.46. The fourth-order valence-electron chi connectivity index (χ4n) is 1.91. The summed E-state index contributed by atoms with van der Waals surface area (Å²) in [7, 11) is 5.33. The van der Waals surface area contributed by atoms with Crippen LogP contribution in [0, 0.1) is 0 Å². The van der Waals surface area contributed by atoms with Gasteiger partial charge in [0.05, 0.1) is 24.9 Å². The molecule has 1 aromatic carbocycles. The molecular weight excluding hydrogens is 254 g/mol. The highest BCUT2D eigenvalue weighted by Gasteiger charge is 2.19. The molecule has 1 rings (SSSR count). The highest BCUT2D eigenvalue weighted by atomic mass is 16.5. The molecule has 0 spiro atoms. The van der Waals surface area contributed by atoms with Crippen LogP contribution in [0.1, 0.15) is 38.8 Å². The smallest absolute Gasteiger partial charge is 0.127 e. The van der Waals surface area contributed by atoms with Crippen molar-refractivity contribution < 1.29 is 14.2 Å². The largest absolute Gasteiger partial charge is 0.496 e. The Morgan fingerprint density at radius 3 is 2.40 bits per heavy atom. The van der Waals surface area contributed by atoms with Crippen LogP contribution in [-0.4, -0.2) is 33.5 Å². The van der Waals surface area contributed by atoms with Crippen LogP contribution in [0.2, 0.25) is 0 Å². The van der Waals surface area contributed by atoms with Crippen molar-refractivity contribution in [3.05, 3.63) is 23.8 Å². The molecule has 0 radical (unpaired) electrons. The van der Waals surface area contributed by atoms with Gasteiger partial charge in [0.25, 0.3) is 0 Å². The normalized spacial score (nSPS) is 13.1. The quantitative estimate of drug-likeness (QED) is 0.794. The summed E-state index contributed by atoms with van der Waals surface area (Å²) in [6.45, 7) is 6.80. The molecule has 0 saturated carbocycles. The molecule has 4 nitrogen and oxygen atoms in total. The first-order valence-electron chi connectivity index (χ1n) is 6.97. The predicted octanol–water partition coefficient (Wildman–Crippen LogP) is 3.17. The third-order valence-electron chi connectivity index (χ3n) is 3.63. The van der Waals surface area contributed by atoms with Gasteiger partial charge in [-0.15, -0.1) is 0 Å².